The van der Waals surface area contributed by atoms with Crippen molar-refractivity contribution in [2.24, 2.45) is 0 Å². The number of nitrogens with zero attached hydrogens (tertiary/aromatic N) is 1. The number of allylic oxidation sites excluding steroid dienone is 1. The number of hydrogen-bond donors (Lipinski definition) is 2. The number of aliphatic hydroxyl groups is 1. The number of hydrogen-bond acceptors (Lipinski definition) is 5. The van der Waals surface area contributed by atoms with Crippen molar-refractivity contribution < 1.29 is 24.5 Å². The van der Waals surface area contributed by atoms with Crippen molar-refractivity contribution in [2.75, 3.05) is 32.8 Å². The summed E-state index contributed by atoms with van der Waals surface area (Å²) in [5.74, 6) is -0.831. The Labute approximate surface area is 202 Å². The maximum Gasteiger partial charge on any atom is 0.309 e. The molecule has 0 bridgehead atoms. The Morgan fingerprint density at radius 2 is 1.36 bits per heavy atom. The molecule has 2 N–H and O–H groups in total. The standard InChI is InChI=1S/C27H51NO5/c1-2-3-4-5-6-10-15-20-27(32)33-25-18-13-8-12-17-22-28(23-24-29)21-16-11-7-9-14-19-26(30)31/h10,15,29H,2-9,11-14,16-25H2,1H3,(H,30,31)/b15-10-. The maximum atomic E-state index is 11.7. The van der Waals surface area contributed by atoms with Crippen molar-refractivity contribution in [3.05, 3.63) is 12.2 Å². The van der Waals surface area contributed by atoms with Gasteiger partial charge in [-0.25, -0.2) is 0 Å². The minimum absolute atomic E-state index is 0.124. The molecular formula is C27H51NO5. The Kier molecular flexibility index (Phi) is 24.2. The Morgan fingerprint density at radius 3 is 2.00 bits per heavy atom. The molecule has 0 fully saturated rings. The molecule has 194 valence electrons. The molecule has 33 heavy (non-hydrogen) atoms. The van der Waals surface area contributed by atoms with E-state index in [1.807, 2.05) is 6.08 Å². The Hall–Kier alpha value is -1.40. The zero-order valence-corrected chi connectivity index (χ0v) is 21.3. The van der Waals surface area contributed by atoms with Gasteiger partial charge in [-0.3, -0.25) is 9.59 Å². The number of carbonyl (C=O) groups excluding carboxylic acids is 1. The number of ether oxygens (including phenoxy) is 1. The van der Waals surface area contributed by atoms with Crippen LogP contribution in [0.25, 0.3) is 0 Å². The zero-order valence-electron chi connectivity index (χ0n) is 21.3. The van der Waals surface area contributed by atoms with Gasteiger partial charge in [-0.1, -0.05) is 76.9 Å². The van der Waals surface area contributed by atoms with Crippen LogP contribution in [0.4, 0.5) is 0 Å². The monoisotopic (exact) mass is 469 g/mol. The minimum Gasteiger partial charge on any atom is -0.481 e. The first-order valence-corrected chi connectivity index (χ1v) is 13.5. The molecule has 0 radical (unpaired) electrons. The topological polar surface area (TPSA) is 87.1 Å². The van der Waals surface area contributed by atoms with Crippen molar-refractivity contribution in [3.8, 4) is 0 Å². The number of esters is 1. The Bertz CT molecular complexity index is 481. The molecule has 0 aliphatic carbocycles. The van der Waals surface area contributed by atoms with Crippen molar-refractivity contribution in [1.29, 1.82) is 0 Å². The van der Waals surface area contributed by atoms with Gasteiger partial charge in [-0.2, -0.15) is 0 Å². The molecule has 0 aliphatic heterocycles. The first-order valence-electron chi connectivity index (χ1n) is 13.5. The van der Waals surface area contributed by atoms with Crippen molar-refractivity contribution in [2.45, 2.75) is 116 Å². The lowest BCUT2D eigenvalue weighted by Gasteiger charge is -2.21. The minimum atomic E-state index is -0.707. The average molecular weight is 470 g/mol. The van der Waals surface area contributed by atoms with Crippen molar-refractivity contribution in [3.63, 3.8) is 0 Å². The molecule has 0 saturated carbocycles. The quantitative estimate of drug-likeness (QED) is 0.0952. The van der Waals surface area contributed by atoms with Crippen molar-refractivity contribution in [1.82, 2.24) is 4.90 Å². The predicted octanol–water partition coefficient (Wildman–Crippen LogP) is 6.12. The smallest absolute Gasteiger partial charge is 0.309 e. The van der Waals surface area contributed by atoms with E-state index in [-0.39, 0.29) is 19.0 Å². The fraction of sp³-hybridized carbons (Fsp3) is 0.852. The summed E-state index contributed by atoms with van der Waals surface area (Å²) in [5.41, 5.74) is 0. The van der Waals surface area contributed by atoms with Gasteiger partial charge in [-0.05, 0) is 51.6 Å². The summed E-state index contributed by atoms with van der Waals surface area (Å²) in [7, 11) is 0. The number of rotatable bonds is 25. The second kappa shape index (κ2) is 25.2. The van der Waals surface area contributed by atoms with Gasteiger partial charge < -0.3 is 19.8 Å². The molecule has 0 aromatic heterocycles. The summed E-state index contributed by atoms with van der Waals surface area (Å²) in [6, 6.07) is 0. The molecule has 0 aliphatic rings. The predicted molar refractivity (Wildman–Crippen MR) is 135 cm³/mol. The fourth-order valence-corrected chi connectivity index (χ4v) is 3.82. The highest BCUT2D eigenvalue weighted by Gasteiger charge is 2.05. The van der Waals surface area contributed by atoms with Gasteiger partial charge in [0.1, 0.15) is 0 Å². The molecule has 0 heterocycles. The van der Waals surface area contributed by atoms with Crippen LogP contribution in [0, 0.1) is 0 Å². The zero-order chi connectivity index (χ0) is 24.4. The van der Waals surface area contributed by atoms with Crippen LogP contribution >= 0.6 is 0 Å². The third-order valence-electron chi connectivity index (χ3n) is 5.84. The second-order valence-electron chi connectivity index (χ2n) is 8.99. The van der Waals surface area contributed by atoms with Crippen LogP contribution < -0.4 is 0 Å². The van der Waals surface area contributed by atoms with E-state index >= 15 is 0 Å². The molecule has 0 rings (SSSR count). The highest BCUT2D eigenvalue weighted by molar-refractivity contribution is 5.71. The van der Waals surface area contributed by atoms with E-state index in [4.69, 9.17) is 9.84 Å². The van der Waals surface area contributed by atoms with Crippen LogP contribution in [0.15, 0.2) is 12.2 Å². The molecule has 0 atom stereocenters. The molecule has 6 heteroatoms. The van der Waals surface area contributed by atoms with Crippen molar-refractivity contribution >= 4 is 11.9 Å². The van der Waals surface area contributed by atoms with Gasteiger partial charge in [0, 0.05) is 13.0 Å². The van der Waals surface area contributed by atoms with Gasteiger partial charge in [0.25, 0.3) is 0 Å². The fourth-order valence-electron chi connectivity index (χ4n) is 3.82. The van der Waals surface area contributed by atoms with E-state index in [9.17, 15) is 14.7 Å². The third-order valence-corrected chi connectivity index (χ3v) is 5.84. The number of unbranched alkanes of at least 4 members (excludes halogenated alkanes) is 12. The summed E-state index contributed by atoms with van der Waals surface area (Å²) >= 11 is 0. The number of carbonyl (C=O) groups is 2. The molecule has 0 saturated heterocycles. The molecule has 0 amide bonds. The number of carboxylic acids is 1. The Morgan fingerprint density at radius 1 is 0.758 bits per heavy atom. The summed E-state index contributed by atoms with van der Waals surface area (Å²) in [5, 5.41) is 17.9. The van der Waals surface area contributed by atoms with Crippen LogP contribution in [0.2, 0.25) is 0 Å². The first-order chi connectivity index (χ1) is 16.1. The van der Waals surface area contributed by atoms with E-state index in [0.29, 0.717) is 13.0 Å². The second-order valence-corrected chi connectivity index (χ2v) is 8.99. The molecule has 0 aromatic rings. The lowest BCUT2D eigenvalue weighted by Crippen LogP contribution is -2.29. The number of aliphatic hydroxyl groups excluding tert-OH is 1. The molecular weight excluding hydrogens is 418 g/mol. The summed E-state index contributed by atoms with van der Waals surface area (Å²) in [6.45, 7) is 5.66. The number of carboxylic acid groups (broad SMARTS) is 1. The van der Waals surface area contributed by atoms with Crippen LogP contribution in [-0.2, 0) is 14.3 Å². The van der Waals surface area contributed by atoms with Gasteiger partial charge in [0.05, 0.1) is 19.6 Å². The highest BCUT2D eigenvalue weighted by Crippen LogP contribution is 2.09. The maximum absolute atomic E-state index is 11.7. The van der Waals surface area contributed by atoms with E-state index in [1.54, 1.807) is 0 Å². The molecule has 6 nitrogen and oxygen atoms in total. The van der Waals surface area contributed by atoms with Crippen LogP contribution in [0.5, 0.6) is 0 Å². The van der Waals surface area contributed by atoms with Crippen LogP contribution in [-0.4, -0.2) is 59.9 Å². The highest BCUT2D eigenvalue weighted by atomic mass is 16.5. The van der Waals surface area contributed by atoms with E-state index in [1.165, 1.54) is 25.7 Å². The lowest BCUT2D eigenvalue weighted by molar-refractivity contribution is -0.142. The molecule has 0 spiro atoms. The number of aliphatic carboxylic acids is 1. The molecule has 0 unspecified atom stereocenters. The normalized spacial score (nSPS) is 11.5. The third kappa shape index (κ3) is 25.1. The van der Waals surface area contributed by atoms with Gasteiger partial charge >= 0.3 is 11.9 Å². The summed E-state index contributed by atoms with van der Waals surface area (Å²) < 4.78 is 5.30. The lowest BCUT2D eigenvalue weighted by atomic mass is 10.1. The van der Waals surface area contributed by atoms with Gasteiger partial charge in [0.15, 0.2) is 0 Å². The van der Waals surface area contributed by atoms with E-state index in [0.717, 1.165) is 90.3 Å². The van der Waals surface area contributed by atoms with Gasteiger partial charge in [-0.15, -0.1) is 0 Å². The average Bonchev–Trinajstić information content (AvgIpc) is 2.79. The summed E-state index contributed by atoms with van der Waals surface area (Å²) in [6.07, 6.45) is 21.2. The van der Waals surface area contributed by atoms with Gasteiger partial charge in [0.2, 0.25) is 0 Å². The Balaban J connectivity index is 3.55. The largest absolute Gasteiger partial charge is 0.481 e. The SMILES string of the molecule is CCCCCC/C=C\CC(=O)OCCCCCCCN(CCO)CCCCCCCC(=O)O. The van der Waals surface area contributed by atoms with Crippen LogP contribution in [0.1, 0.15) is 116 Å². The summed E-state index contributed by atoms with van der Waals surface area (Å²) in [4.78, 5) is 24.5. The first kappa shape index (κ1) is 31.6. The molecule has 0 aromatic carbocycles. The van der Waals surface area contributed by atoms with E-state index < -0.39 is 5.97 Å². The van der Waals surface area contributed by atoms with Crippen LogP contribution in [0.3, 0.4) is 0 Å². The van der Waals surface area contributed by atoms with E-state index in [2.05, 4.69) is 17.9 Å².